The monoisotopic (exact) mass is 294 g/mol. The van der Waals surface area contributed by atoms with Crippen molar-refractivity contribution in [2.24, 2.45) is 5.41 Å². The van der Waals surface area contributed by atoms with Crippen LogP contribution in [0, 0.1) is 5.41 Å². The second kappa shape index (κ2) is 7.64. The number of amides is 2. The van der Waals surface area contributed by atoms with Gasteiger partial charge >= 0.3 is 12.0 Å². The van der Waals surface area contributed by atoms with Crippen LogP contribution in [0.4, 0.5) is 10.5 Å². The zero-order chi connectivity index (χ0) is 15.9. The molecule has 6 heteroatoms. The highest BCUT2D eigenvalue weighted by atomic mass is 16.5. The van der Waals surface area contributed by atoms with E-state index in [0.29, 0.717) is 18.7 Å². The number of carboxylic acid groups (broad SMARTS) is 1. The number of hydrogen-bond donors (Lipinski definition) is 3. The highest BCUT2D eigenvalue weighted by Gasteiger charge is 2.31. The van der Waals surface area contributed by atoms with Crippen molar-refractivity contribution < 1.29 is 19.4 Å². The van der Waals surface area contributed by atoms with Crippen LogP contribution >= 0.6 is 0 Å². The summed E-state index contributed by atoms with van der Waals surface area (Å²) in [6.45, 7) is 3.92. The van der Waals surface area contributed by atoms with Crippen molar-refractivity contribution in [1.29, 1.82) is 0 Å². The molecular weight excluding hydrogens is 272 g/mol. The minimum absolute atomic E-state index is 0.0719. The average molecular weight is 294 g/mol. The summed E-state index contributed by atoms with van der Waals surface area (Å²) in [5, 5.41) is 14.4. The Bertz CT molecular complexity index is 504. The van der Waals surface area contributed by atoms with Crippen molar-refractivity contribution in [3.05, 3.63) is 29.8 Å². The smallest absolute Gasteiger partial charge is 0.319 e. The van der Waals surface area contributed by atoms with Crippen molar-refractivity contribution in [2.45, 2.75) is 26.9 Å². The van der Waals surface area contributed by atoms with Gasteiger partial charge in [-0.05, 0) is 31.0 Å². The molecule has 0 spiro atoms. The van der Waals surface area contributed by atoms with Crippen LogP contribution in [0.2, 0.25) is 0 Å². The highest BCUT2D eigenvalue weighted by molar-refractivity contribution is 5.89. The molecule has 0 aliphatic carbocycles. The van der Waals surface area contributed by atoms with Crippen LogP contribution < -0.4 is 10.6 Å². The number of rotatable bonds is 7. The van der Waals surface area contributed by atoms with Crippen molar-refractivity contribution >= 4 is 17.7 Å². The van der Waals surface area contributed by atoms with Crippen LogP contribution in [0.15, 0.2) is 24.3 Å². The molecule has 0 aromatic heterocycles. The number of aliphatic carboxylic acids is 1. The van der Waals surface area contributed by atoms with E-state index in [1.165, 1.54) is 0 Å². The molecule has 0 fully saturated rings. The molecule has 3 N–H and O–H groups in total. The van der Waals surface area contributed by atoms with Gasteiger partial charge in [0.05, 0.1) is 12.0 Å². The molecule has 0 radical (unpaired) electrons. The lowest BCUT2D eigenvalue weighted by Gasteiger charge is -2.23. The SMILES string of the molecule is CCC(C)(CNC(=O)Nc1cccc(COC)c1)C(=O)O. The maximum Gasteiger partial charge on any atom is 0.319 e. The fourth-order valence-electron chi connectivity index (χ4n) is 1.71. The minimum Gasteiger partial charge on any atom is -0.481 e. The first-order chi connectivity index (χ1) is 9.91. The van der Waals surface area contributed by atoms with Crippen LogP contribution in [-0.4, -0.2) is 30.8 Å². The van der Waals surface area contributed by atoms with Crippen molar-refractivity contribution in [1.82, 2.24) is 5.32 Å². The van der Waals surface area contributed by atoms with E-state index in [-0.39, 0.29) is 6.54 Å². The van der Waals surface area contributed by atoms with Crippen LogP contribution in [-0.2, 0) is 16.1 Å². The molecule has 1 rings (SSSR count). The molecule has 1 aromatic carbocycles. The lowest BCUT2D eigenvalue weighted by Crippen LogP contribution is -2.42. The van der Waals surface area contributed by atoms with Crippen LogP contribution in [0.1, 0.15) is 25.8 Å². The Labute approximate surface area is 124 Å². The van der Waals surface area contributed by atoms with Gasteiger partial charge in [0.1, 0.15) is 0 Å². The number of hydrogen-bond acceptors (Lipinski definition) is 3. The van der Waals surface area contributed by atoms with Gasteiger partial charge in [-0.25, -0.2) is 4.79 Å². The molecule has 6 nitrogen and oxygen atoms in total. The normalized spacial score (nSPS) is 13.3. The maximum absolute atomic E-state index is 11.8. The van der Waals surface area contributed by atoms with E-state index in [1.54, 1.807) is 33.1 Å². The van der Waals surface area contributed by atoms with Gasteiger partial charge in [-0.3, -0.25) is 4.79 Å². The summed E-state index contributed by atoms with van der Waals surface area (Å²) in [5.74, 6) is -0.924. The molecule has 21 heavy (non-hydrogen) atoms. The predicted octanol–water partition coefficient (Wildman–Crippen LogP) is 2.46. The van der Waals surface area contributed by atoms with Crippen LogP contribution in [0.3, 0.4) is 0 Å². The van der Waals surface area contributed by atoms with Gasteiger partial charge in [0.15, 0.2) is 0 Å². The number of methoxy groups -OCH3 is 1. The molecule has 0 heterocycles. The van der Waals surface area contributed by atoms with E-state index in [9.17, 15) is 9.59 Å². The maximum atomic E-state index is 11.8. The van der Waals surface area contributed by atoms with E-state index in [0.717, 1.165) is 5.56 Å². The Hall–Kier alpha value is -2.08. The summed E-state index contributed by atoms with van der Waals surface area (Å²) >= 11 is 0. The third kappa shape index (κ3) is 5.07. The third-order valence-electron chi connectivity index (χ3n) is 3.43. The molecule has 0 aliphatic heterocycles. The number of carbonyl (C=O) groups excluding carboxylic acids is 1. The molecule has 1 atom stereocenters. The number of nitrogens with one attached hydrogen (secondary N) is 2. The van der Waals surface area contributed by atoms with E-state index in [4.69, 9.17) is 9.84 Å². The van der Waals surface area contributed by atoms with Gasteiger partial charge in [-0.2, -0.15) is 0 Å². The van der Waals surface area contributed by atoms with Gasteiger partial charge < -0.3 is 20.5 Å². The molecule has 1 aromatic rings. The van der Waals surface area contributed by atoms with E-state index in [1.807, 2.05) is 12.1 Å². The molecule has 0 saturated carbocycles. The Kier molecular flexibility index (Phi) is 6.17. The number of anilines is 1. The summed E-state index contributed by atoms with van der Waals surface area (Å²) in [6.07, 6.45) is 0.436. The Morgan fingerprint density at radius 2 is 2.10 bits per heavy atom. The lowest BCUT2D eigenvalue weighted by molar-refractivity contribution is -0.147. The van der Waals surface area contributed by atoms with Gasteiger partial charge in [0.2, 0.25) is 0 Å². The van der Waals surface area contributed by atoms with Gasteiger partial charge in [0.25, 0.3) is 0 Å². The van der Waals surface area contributed by atoms with Gasteiger partial charge in [-0.15, -0.1) is 0 Å². The second-order valence-electron chi connectivity index (χ2n) is 5.16. The van der Waals surface area contributed by atoms with Crippen molar-refractivity contribution in [3.8, 4) is 0 Å². The van der Waals surface area contributed by atoms with Crippen molar-refractivity contribution in [3.63, 3.8) is 0 Å². The number of carboxylic acids is 1. The molecule has 2 amide bonds. The minimum atomic E-state index is -0.963. The third-order valence-corrected chi connectivity index (χ3v) is 3.43. The van der Waals surface area contributed by atoms with Gasteiger partial charge in [0, 0.05) is 19.3 Å². The predicted molar refractivity (Wildman–Crippen MR) is 80.2 cm³/mol. The molecule has 0 bridgehead atoms. The largest absolute Gasteiger partial charge is 0.481 e. The first-order valence-electron chi connectivity index (χ1n) is 6.77. The summed E-state index contributed by atoms with van der Waals surface area (Å²) in [7, 11) is 1.60. The first-order valence-corrected chi connectivity index (χ1v) is 6.77. The zero-order valence-corrected chi connectivity index (χ0v) is 12.6. The van der Waals surface area contributed by atoms with E-state index < -0.39 is 17.4 Å². The standard InChI is InChI=1S/C15H22N2O4/c1-4-15(2,13(18)19)10-16-14(20)17-12-7-5-6-11(8-12)9-21-3/h5-8H,4,9-10H2,1-3H3,(H,18,19)(H2,16,17,20). The lowest BCUT2D eigenvalue weighted by atomic mass is 9.88. The molecular formula is C15H22N2O4. The Morgan fingerprint density at radius 3 is 2.67 bits per heavy atom. The summed E-state index contributed by atoms with van der Waals surface area (Å²) in [5.41, 5.74) is 0.615. The van der Waals surface area contributed by atoms with Gasteiger partial charge in [-0.1, -0.05) is 19.1 Å². The summed E-state index contributed by atoms with van der Waals surface area (Å²) in [4.78, 5) is 23.0. The average Bonchev–Trinajstić information content (AvgIpc) is 2.45. The molecule has 0 saturated heterocycles. The zero-order valence-electron chi connectivity index (χ0n) is 12.6. The molecule has 116 valence electrons. The van der Waals surface area contributed by atoms with E-state index >= 15 is 0 Å². The first kappa shape index (κ1) is 17.0. The fourth-order valence-corrected chi connectivity index (χ4v) is 1.71. The number of ether oxygens (including phenoxy) is 1. The van der Waals surface area contributed by atoms with Crippen molar-refractivity contribution in [2.75, 3.05) is 19.0 Å². The van der Waals surface area contributed by atoms with Crippen LogP contribution in [0.5, 0.6) is 0 Å². The molecule has 1 unspecified atom stereocenters. The Balaban J connectivity index is 2.58. The number of carbonyl (C=O) groups is 2. The Morgan fingerprint density at radius 1 is 1.38 bits per heavy atom. The number of benzene rings is 1. The van der Waals surface area contributed by atoms with Crippen LogP contribution in [0.25, 0.3) is 0 Å². The number of urea groups is 1. The summed E-state index contributed by atoms with van der Waals surface area (Å²) < 4.78 is 5.03. The quantitative estimate of drug-likeness (QED) is 0.721. The highest BCUT2D eigenvalue weighted by Crippen LogP contribution is 2.20. The van der Waals surface area contributed by atoms with E-state index in [2.05, 4.69) is 10.6 Å². The summed E-state index contributed by atoms with van der Waals surface area (Å²) in [6, 6.07) is 6.85. The molecule has 0 aliphatic rings. The fraction of sp³-hybridized carbons (Fsp3) is 0.467. The topological polar surface area (TPSA) is 87.7 Å². The second-order valence-corrected chi connectivity index (χ2v) is 5.16.